The number of rotatable bonds is 7. The SMILES string of the molecule is N#CC1=C(SCc2ccccc2Cl)NC(=O)C[C@H]1c1ccc(OCc2ccccc2)cc1. The number of hydrogen-bond acceptors (Lipinski definition) is 4. The van der Waals surface area contributed by atoms with Gasteiger partial charge >= 0.3 is 0 Å². The van der Waals surface area contributed by atoms with Crippen LogP contribution in [0.2, 0.25) is 5.02 Å². The second-order valence-electron chi connectivity index (χ2n) is 7.38. The molecule has 1 aliphatic rings. The number of benzene rings is 3. The third kappa shape index (κ3) is 5.34. The zero-order valence-electron chi connectivity index (χ0n) is 17.3. The third-order valence-corrected chi connectivity index (χ3v) is 6.65. The number of nitriles is 1. The van der Waals surface area contributed by atoms with Crippen LogP contribution in [-0.4, -0.2) is 5.91 Å². The van der Waals surface area contributed by atoms with Crippen LogP contribution < -0.4 is 10.1 Å². The Balaban J connectivity index is 1.49. The molecule has 160 valence electrons. The molecule has 0 unspecified atom stereocenters. The maximum absolute atomic E-state index is 12.4. The number of ether oxygens (including phenoxy) is 1. The van der Waals surface area contributed by atoms with E-state index in [-0.39, 0.29) is 18.2 Å². The molecule has 1 heterocycles. The van der Waals surface area contributed by atoms with Crippen LogP contribution >= 0.6 is 23.4 Å². The first-order chi connectivity index (χ1) is 15.6. The second-order valence-corrected chi connectivity index (χ2v) is 8.78. The van der Waals surface area contributed by atoms with E-state index < -0.39 is 0 Å². The predicted octanol–water partition coefficient (Wildman–Crippen LogP) is 6.19. The summed E-state index contributed by atoms with van der Waals surface area (Å²) in [6.45, 7) is 0.484. The van der Waals surface area contributed by atoms with Crippen molar-refractivity contribution in [3.63, 3.8) is 0 Å². The van der Waals surface area contributed by atoms with Gasteiger partial charge in [-0.25, -0.2) is 0 Å². The molecular weight excluding hydrogens is 440 g/mol. The Morgan fingerprint density at radius 3 is 2.47 bits per heavy atom. The molecule has 0 saturated heterocycles. The highest BCUT2D eigenvalue weighted by Crippen LogP contribution is 2.38. The molecule has 0 radical (unpaired) electrons. The molecule has 4 rings (SSSR count). The van der Waals surface area contributed by atoms with Crippen LogP contribution in [0.25, 0.3) is 0 Å². The number of amides is 1. The van der Waals surface area contributed by atoms with E-state index in [9.17, 15) is 10.1 Å². The minimum absolute atomic E-state index is 0.0972. The van der Waals surface area contributed by atoms with Gasteiger partial charge in [0.15, 0.2) is 0 Å². The van der Waals surface area contributed by atoms with Gasteiger partial charge in [-0.3, -0.25) is 4.79 Å². The van der Waals surface area contributed by atoms with Gasteiger partial charge in [-0.15, -0.1) is 11.8 Å². The lowest BCUT2D eigenvalue weighted by Crippen LogP contribution is -2.30. The molecule has 0 saturated carbocycles. The molecule has 32 heavy (non-hydrogen) atoms. The van der Waals surface area contributed by atoms with E-state index in [1.54, 1.807) is 0 Å². The molecule has 0 bridgehead atoms. The minimum Gasteiger partial charge on any atom is -0.489 e. The molecular formula is C26H21ClN2O2S. The molecule has 3 aromatic rings. The molecule has 3 aromatic carbocycles. The fraction of sp³-hybridized carbons (Fsp3) is 0.154. The fourth-order valence-electron chi connectivity index (χ4n) is 3.52. The maximum Gasteiger partial charge on any atom is 0.225 e. The van der Waals surface area contributed by atoms with Crippen molar-refractivity contribution in [1.29, 1.82) is 5.26 Å². The van der Waals surface area contributed by atoms with E-state index in [4.69, 9.17) is 16.3 Å². The van der Waals surface area contributed by atoms with Gasteiger partial charge in [0.25, 0.3) is 0 Å². The van der Waals surface area contributed by atoms with E-state index >= 15 is 0 Å². The van der Waals surface area contributed by atoms with Crippen molar-refractivity contribution in [2.24, 2.45) is 0 Å². The number of thioether (sulfide) groups is 1. The number of nitrogens with one attached hydrogen (secondary N) is 1. The monoisotopic (exact) mass is 460 g/mol. The lowest BCUT2D eigenvalue weighted by molar-refractivity contribution is -0.120. The second kappa shape index (κ2) is 10.4. The maximum atomic E-state index is 12.4. The molecule has 1 aliphatic heterocycles. The van der Waals surface area contributed by atoms with Crippen molar-refractivity contribution >= 4 is 29.3 Å². The number of nitrogens with zero attached hydrogens (tertiary/aromatic N) is 1. The zero-order valence-corrected chi connectivity index (χ0v) is 18.8. The molecule has 6 heteroatoms. The van der Waals surface area contributed by atoms with Gasteiger partial charge in [0.1, 0.15) is 12.4 Å². The van der Waals surface area contributed by atoms with E-state index in [0.29, 0.717) is 28.0 Å². The van der Waals surface area contributed by atoms with Gasteiger partial charge in [-0.2, -0.15) is 5.26 Å². The Bertz CT molecular complexity index is 1170. The Morgan fingerprint density at radius 1 is 1.03 bits per heavy atom. The van der Waals surface area contributed by atoms with E-state index in [0.717, 1.165) is 22.4 Å². The third-order valence-electron chi connectivity index (χ3n) is 5.22. The smallest absolute Gasteiger partial charge is 0.225 e. The first kappa shape index (κ1) is 22.0. The first-order valence-corrected chi connectivity index (χ1v) is 11.6. The summed E-state index contributed by atoms with van der Waals surface area (Å²) in [6.07, 6.45) is 0.239. The van der Waals surface area contributed by atoms with Gasteiger partial charge in [-0.1, -0.05) is 72.3 Å². The number of allylic oxidation sites excluding steroid dienone is 1. The van der Waals surface area contributed by atoms with Gasteiger partial charge in [0.05, 0.1) is 16.7 Å². The summed E-state index contributed by atoms with van der Waals surface area (Å²) in [5, 5.41) is 14.0. The van der Waals surface area contributed by atoms with Crippen molar-refractivity contribution in [2.75, 3.05) is 0 Å². The molecule has 0 aliphatic carbocycles. The van der Waals surface area contributed by atoms with Gasteiger partial charge in [0.2, 0.25) is 5.91 Å². The molecule has 4 nitrogen and oxygen atoms in total. The zero-order chi connectivity index (χ0) is 22.3. The molecule has 0 aromatic heterocycles. The minimum atomic E-state index is -0.286. The Morgan fingerprint density at radius 2 is 1.75 bits per heavy atom. The van der Waals surface area contributed by atoms with Crippen LogP contribution in [0.15, 0.2) is 89.5 Å². The topological polar surface area (TPSA) is 62.1 Å². The average Bonchev–Trinajstić information content (AvgIpc) is 2.83. The lowest BCUT2D eigenvalue weighted by Gasteiger charge is -2.25. The van der Waals surface area contributed by atoms with Crippen LogP contribution in [0.1, 0.15) is 29.0 Å². The quantitative estimate of drug-likeness (QED) is 0.456. The number of halogens is 1. The molecule has 1 amide bonds. The molecule has 0 spiro atoms. The molecule has 1 atom stereocenters. The number of carbonyl (C=O) groups excluding carboxylic acids is 1. The van der Waals surface area contributed by atoms with Crippen molar-refractivity contribution in [3.05, 3.63) is 111 Å². The lowest BCUT2D eigenvalue weighted by atomic mass is 9.87. The highest BCUT2D eigenvalue weighted by molar-refractivity contribution is 8.02. The summed E-state index contributed by atoms with van der Waals surface area (Å²) >= 11 is 7.68. The van der Waals surface area contributed by atoms with Crippen molar-refractivity contribution in [2.45, 2.75) is 24.7 Å². The van der Waals surface area contributed by atoms with Crippen molar-refractivity contribution in [1.82, 2.24) is 5.32 Å². The van der Waals surface area contributed by atoms with Gasteiger partial charge < -0.3 is 10.1 Å². The normalized spacial score (nSPS) is 15.8. The summed E-state index contributed by atoms with van der Waals surface area (Å²) in [4.78, 5) is 12.4. The van der Waals surface area contributed by atoms with Crippen LogP contribution in [0.4, 0.5) is 0 Å². The highest BCUT2D eigenvalue weighted by Gasteiger charge is 2.29. The predicted molar refractivity (Wildman–Crippen MR) is 128 cm³/mol. The van der Waals surface area contributed by atoms with Crippen LogP contribution in [-0.2, 0) is 17.2 Å². The van der Waals surface area contributed by atoms with Crippen LogP contribution in [0.3, 0.4) is 0 Å². The Kier molecular flexibility index (Phi) is 7.16. The van der Waals surface area contributed by atoms with E-state index in [2.05, 4.69) is 11.4 Å². The number of carbonyl (C=O) groups is 1. The van der Waals surface area contributed by atoms with Crippen molar-refractivity contribution < 1.29 is 9.53 Å². The Labute approximate surface area is 196 Å². The van der Waals surface area contributed by atoms with Gasteiger partial charge in [0, 0.05) is 23.1 Å². The summed E-state index contributed by atoms with van der Waals surface area (Å²) in [5.74, 6) is 0.929. The summed E-state index contributed by atoms with van der Waals surface area (Å²) in [7, 11) is 0. The van der Waals surface area contributed by atoms with Crippen molar-refractivity contribution in [3.8, 4) is 11.8 Å². The highest BCUT2D eigenvalue weighted by atomic mass is 35.5. The number of hydrogen-bond donors (Lipinski definition) is 1. The first-order valence-electron chi connectivity index (χ1n) is 10.2. The molecule has 0 fully saturated rings. The van der Waals surface area contributed by atoms with E-state index in [1.165, 1.54) is 11.8 Å². The van der Waals surface area contributed by atoms with Gasteiger partial charge in [-0.05, 0) is 34.9 Å². The van der Waals surface area contributed by atoms with E-state index in [1.807, 2.05) is 78.9 Å². The Hall–Kier alpha value is -3.20. The van der Waals surface area contributed by atoms with Crippen LogP contribution in [0, 0.1) is 11.3 Å². The average molecular weight is 461 g/mol. The standard InChI is InChI=1S/C26H21ClN2O2S/c27-24-9-5-4-8-20(24)17-32-26-23(15-28)22(14-25(30)29-26)19-10-12-21(13-11-19)31-16-18-6-2-1-3-7-18/h1-13,22H,14,16-17H2,(H,29,30)/t22-/m0/s1. The molecule has 1 N–H and O–H groups in total. The largest absolute Gasteiger partial charge is 0.489 e. The summed E-state index contributed by atoms with van der Waals surface area (Å²) in [6, 6.07) is 27.5. The van der Waals surface area contributed by atoms with Crippen LogP contribution in [0.5, 0.6) is 5.75 Å². The summed E-state index contributed by atoms with van der Waals surface area (Å²) in [5.41, 5.74) is 3.54. The fourth-order valence-corrected chi connectivity index (χ4v) is 4.88. The summed E-state index contributed by atoms with van der Waals surface area (Å²) < 4.78 is 5.86.